The topological polar surface area (TPSA) is 212 Å². The molecule has 3 unspecified atom stereocenters. The summed E-state index contributed by atoms with van der Waals surface area (Å²) < 4.78 is 12.1. The Bertz CT molecular complexity index is 2290. The SMILES string of the molecule is CC[C@H](C)[C@@H](C(CC(=O)N1C2C[C@@H]2C[C@H]1[C@H](OC)[C@@H](C)C(=O)N[C@@H](Cc1ccccc1)C(=O)O)OC)N(C)C(=O)[C@@H](NC(=O)[C@H](C(C)C)N(C)C(=O)CCCCCN1C(=O)CC(SCCCC(C)(C)C2C#C2)C1=O)C(C)C. The highest BCUT2D eigenvalue weighted by Crippen LogP contribution is 2.50. The molecule has 0 radical (unpaired) electrons. The molecular weight excluding hydrogens is 1000 g/mol. The Morgan fingerprint density at radius 3 is 2.13 bits per heavy atom. The van der Waals surface area contributed by atoms with E-state index in [0.717, 1.165) is 30.6 Å². The number of likely N-dealkylation sites (N-methyl/N-ethyl adjacent to an activating group) is 2. The number of unbranched alkanes of at least 4 members (excludes halogenated alkanes) is 2. The number of carbonyl (C=O) groups excluding carboxylic acids is 7. The number of carbonyl (C=O) groups is 8. The van der Waals surface area contributed by atoms with Crippen LogP contribution in [0.2, 0.25) is 0 Å². The van der Waals surface area contributed by atoms with Gasteiger partial charge in [0.05, 0.1) is 47.8 Å². The third-order valence-electron chi connectivity index (χ3n) is 16.7. The molecule has 3 N–H and O–H groups in total. The lowest BCUT2D eigenvalue weighted by Gasteiger charge is -2.41. The van der Waals surface area contributed by atoms with Crippen molar-refractivity contribution in [3.05, 3.63) is 35.9 Å². The van der Waals surface area contributed by atoms with E-state index < -0.39 is 66.1 Å². The van der Waals surface area contributed by atoms with Crippen molar-refractivity contribution in [3.63, 3.8) is 0 Å². The van der Waals surface area contributed by atoms with E-state index in [-0.39, 0.29) is 95.6 Å². The largest absolute Gasteiger partial charge is 0.480 e. The van der Waals surface area contributed by atoms with Crippen LogP contribution in [0.1, 0.15) is 139 Å². The number of piperidine rings is 1. The molecule has 4 aliphatic rings. The number of nitrogens with zero attached hydrogens (tertiary/aromatic N) is 4. The maximum Gasteiger partial charge on any atom is 0.326 e. The van der Waals surface area contributed by atoms with E-state index in [0.29, 0.717) is 44.6 Å². The molecule has 2 aliphatic carbocycles. The summed E-state index contributed by atoms with van der Waals surface area (Å²) in [5.41, 5.74) is 0.880. The number of aliphatic carboxylic acids is 1. The predicted molar refractivity (Wildman–Crippen MR) is 297 cm³/mol. The molecule has 18 heteroatoms. The van der Waals surface area contributed by atoms with Gasteiger partial charge in [-0.2, -0.15) is 0 Å². The number of methoxy groups -OCH3 is 2. The molecule has 5 rings (SSSR count). The lowest BCUT2D eigenvalue weighted by molar-refractivity contribution is -0.149. The molecule has 1 aromatic rings. The zero-order chi connectivity index (χ0) is 57.1. The fraction of sp³-hybridized carbons (Fsp3) is 0.729. The zero-order valence-corrected chi connectivity index (χ0v) is 49.0. The fourth-order valence-corrected chi connectivity index (χ4v) is 12.8. The molecule has 17 nitrogen and oxygen atoms in total. The summed E-state index contributed by atoms with van der Waals surface area (Å²) in [7, 11) is 6.30. The quantitative estimate of drug-likeness (QED) is 0.0408. The molecule has 0 aromatic heterocycles. The first-order valence-electron chi connectivity index (χ1n) is 28.1. The average Bonchev–Trinajstić information content (AvgIpc) is 4.33. The lowest BCUT2D eigenvalue weighted by atomic mass is 9.81. The van der Waals surface area contributed by atoms with Gasteiger partial charge >= 0.3 is 5.97 Å². The van der Waals surface area contributed by atoms with E-state index in [2.05, 4.69) is 36.3 Å². The number of likely N-dealkylation sites (tertiary alicyclic amines) is 2. The molecule has 428 valence electrons. The van der Waals surface area contributed by atoms with Crippen molar-refractivity contribution >= 4 is 59.1 Å². The molecule has 7 amide bonds. The van der Waals surface area contributed by atoms with Crippen LogP contribution in [0.15, 0.2) is 30.3 Å². The number of fused-ring (bicyclic) bond motifs is 1. The molecule has 2 saturated heterocycles. The van der Waals surface area contributed by atoms with E-state index in [4.69, 9.17) is 9.47 Å². The van der Waals surface area contributed by atoms with Gasteiger partial charge in [-0.1, -0.05) is 117 Å². The summed E-state index contributed by atoms with van der Waals surface area (Å²) in [6.45, 7) is 17.8. The van der Waals surface area contributed by atoms with Gasteiger partial charge in [0.15, 0.2) is 0 Å². The molecule has 2 aliphatic heterocycles. The Morgan fingerprint density at radius 1 is 0.870 bits per heavy atom. The smallest absolute Gasteiger partial charge is 0.326 e. The normalized spacial score (nSPS) is 22.0. The van der Waals surface area contributed by atoms with Crippen molar-refractivity contribution in [2.75, 3.05) is 40.6 Å². The monoisotopic (exact) mass is 1090 g/mol. The van der Waals surface area contributed by atoms with Crippen molar-refractivity contribution in [2.45, 2.75) is 193 Å². The first-order chi connectivity index (χ1) is 36.4. The highest BCUT2D eigenvalue weighted by molar-refractivity contribution is 8.00. The maximum atomic E-state index is 14.7. The minimum atomic E-state index is -1.16. The summed E-state index contributed by atoms with van der Waals surface area (Å²) in [5, 5.41) is 15.4. The Hall–Kier alpha value is -4.99. The van der Waals surface area contributed by atoms with Crippen molar-refractivity contribution in [1.82, 2.24) is 30.2 Å². The molecule has 2 heterocycles. The van der Waals surface area contributed by atoms with Gasteiger partial charge in [0, 0.05) is 60.2 Å². The van der Waals surface area contributed by atoms with Crippen LogP contribution in [0.25, 0.3) is 0 Å². The van der Waals surface area contributed by atoms with E-state index in [1.165, 1.54) is 24.0 Å². The predicted octanol–water partition coefficient (Wildman–Crippen LogP) is 6.20. The van der Waals surface area contributed by atoms with Crippen LogP contribution >= 0.6 is 11.8 Å². The summed E-state index contributed by atoms with van der Waals surface area (Å²) in [6.07, 6.45) is 4.69. The number of hydrogen-bond donors (Lipinski definition) is 3. The van der Waals surface area contributed by atoms with Gasteiger partial charge in [0.25, 0.3) is 0 Å². The standard InChI is InChI=1S/C59H90N6O11S/c1-14-37(6)52(45(75-12)33-49(68)65-43-31-40(43)32-44(65)53(76-13)38(7)54(69)60-42(58(73)74)30-39-22-17-15-18-23-39)63(11)57(72)50(35(2)3)61-55(70)51(36(4)5)62(10)47(66)24-19-16-20-28-64-48(67)34-46(56(64)71)77-29-21-27-59(8,9)41-25-26-41/h15,17-18,22-23,35-38,40-46,50-53H,14,16,19-21,24,27-34H2,1-13H3,(H,60,69)(H,61,70)(H,73,74)/t37-,38+,40+,42-,43?,44-,45?,46?,50-,51-,52-,53+/m0/s1. The maximum absolute atomic E-state index is 14.7. The molecule has 77 heavy (non-hydrogen) atoms. The molecule has 3 fully saturated rings. The number of carboxylic acids is 1. The Kier molecular flexibility index (Phi) is 23.1. The number of hydrogen-bond acceptors (Lipinski definition) is 11. The summed E-state index contributed by atoms with van der Waals surface area (Å²) in [4.78, 5) is 116. The van der Waals surface area contributed by atoms with Gasteiger partial charge < -0.3 is 39.9 Å². The van der Waals surface area contributed by atoms with Crippen LogP contribution in [0.5, 0.6) is 0 Å². The number of rotatable bonds is 33. The Morgan fingerprint density at radius 2 is 1.55 bits per heavy atom. The number of imide groups is 1. The van der Waals surface area contributed by atoms with Crippen LogP contribution < -0.4 is 10.6 Å². The number of benzene rings is 1. The minimum absolute atomic E-state index is 0.0407. The summed E-state index contributed by atoms with van der Waals surface area (Å²) >= 11 is 1.56. The van der Waals surface area contributed by atoms with E-state index in [1.807, 2.05) is 76.8 Å². The van der Waals surface area contributed by atoms with Crippen molar-refractivity contribution in [1.29, 1.82) is 0 Å². The average molecular weight is 1090 g/mol. The van der Waals surface area contributed by atoms with Crippen molar-refractivity contribution < 1.29 is 52.9 Å². The number of carboxylic acid groups (broad SMARTS) is 1. The third-order valence-corrected chi connectivity index (χ3v) is 18.0. The summed E-state index contributed by atoms with van der Waals surface area (Å²) in [5.74, 6) is 2.89. The number of ether oxygens (including phenoxy) is 2. The number of nitrogens with one attached hydrogen (secondary N) is 2. The number of amides is 7. The van der Waals surface area contributed by atoms with E-state index in [9.17, 15) is 43.5 Å². The molecule has 1 aromatic carbocycles. The van der Waals surface area contributed by atoms with Gasteiger partial charge in [-0.05, 0) is 78.9 Å². The second kappa shape index (κ2) is 28.2. The second-order valence-electron chi connectivity index (χ2n) is 23.5. The minimum Gasteiger partial charge on any atom is -0.480 e. The summed E-state index contributed by atoms with van der Waals surface area (Å²) in [6, 6.07) is 4.98. The zero-order valence-electron chi connectivity index (χ0n) is 48.2. The second-order valence-corrected chi connectivity index (χ2v) is 24.9. The van der Waals surface area contributed by atoms with Gasteiger partial charge in [0.2, 0.25) is 41.4 Å². The molecule has 0 bridgehead atoms. The van der Waals surface area contributed by atoms with Crippen LogP contribution in [-0.2, 0) is 54.3 Å². The van der Waals surface area contributed by atoms with Crippen molar-refractivity contribution in [2.24, 2.45) is 40.9 Å². The fourth-order valence-electron chi connectivity index (χ4n) is 11.7. The van der Waals surface area contributed by atoms with Gasteiger partial charge in [-0.25, -0.2) is 4.79 Å². The van der Waals surface area contributed by atoms with E-state index in [1.54, 1.807) is 37.7 Å². The first-order valence-corrected chi connectivity index (χ1v) is 29.2. The Balaban J connectivity index is 1.16. The highest BCUT2D eigenvalue weighted by atomic mass is 32.2. The molecule has 1 saturated carbocycles. The molecule has 12 atom stereocenters. The van der Waals surface area contributed by atoms with Crippen LogP contribution in [-0.4, -0.2) is 166 Å². The first kappa shape index (κ1) is 62.8. The third kappa shape index (κ3) is 16.3. The highest BCUT2D eigenvalue weighted by Gasteiger charge is 2.57. The van der Waals surface area contributed by atoms with Gasteiger partial charge in [0.1, 0.15) is 18.1 Å². The van der Waals surface area contributed by atoms with Crippen LogP contribution in [0.3, 0.4) is 0 Å². The van der Waals surface area contributed by atoms with Crippen LogP contribution in [0.4, 0.5) is 0 Å². The van der Waals surface area contributed by atoms with Crippen molar-refractivity contribution in [3.8, 4) is 11.8 Å². The van der Waals surface area contributed by atoms with E-state index >= 15 is 0 Å². The van der Waals surface area contributed by atoms with Crippen LogP contribution in [0, 0.1) is 52.8 Å². The number of thioether (sulfide) groups is 1. The van der Waals surface area contributed by atoms with Gasteiger partial charge in [-0.3, -0.25) is 38.5 Å². The molecule has 0 spiro atoms. The van der Waals surface area contributed by atoms with Gasteiger partial charge in [-0.15, -0.1) is 11.8 Å². The molecular formula is C59H90N6O11S. The lowest BCUT2D eigenvalue weighted by Crippen LogP contribution is -2.60. The Labute approximate surface area is 462 Å².